The van der Waals surface area contributed by atoms with Gasteiger partial charge in [-0.2, -0.15) is 0 Å². The predicted molar refractivity (Wildman–Crippen MR) is 183 cm³/mol. The van der Waals surface area contributed by atoms with Crippen LogP contribution >= 0.6 is 17.6 Å². The first-order chi connectivity index (χ1) is 20.7. The molecule has 1 aliphatic heterocycles. The van der Waals surface area contributed by atoms with Crippen LogP contribution in [0.2, 0.25) is 0 Å². The van der Waals surface area contributed by atoms with Crippen molar-refractivity contribution in [3.05, 3.63) is 113 Å². The lowest BCUT2D eigenvalue weighted by Crippen LogP contribution is -2.19. The van der Waals surface area contributed by atoms with Crippen LogP contribution in [0.1, 0.15) is 90.1 Å². The summed E-state index contributed by atoms with van der Waals surface area (Å²) >= 11 is 0. The molecule has 4 aromatic rings. The number of rotatable bonds is 6. The van der Waals surface area contributed by atoms with Crippen LogP contribution in [0.15, 0.2) is 84.9 Å². The Kier molecular flexibility index (Phi) is 9.22. The average molecular weight is 631 g/mol. The molecule has 1 aliphatic rings. The maximum atomic E-state index is 6.70. The zero-order chi connectivity index (χ0) is 31.7. The Bertz CT molecular complexity index is 1560. The minimum absolute atomic E-state index is 0.0516. The number of hydrogen-bond acceptors (Lipinski definition) is 5. The highest BCUT2D eigenvalue weighted by Crippen LogP contribution is 2.51. The fraction of sp³-hybridized carbons (Fsp3) is 0.351. The molecule has 0 radical (unpaired) electrons. The number of para-hydroxylation sites is 3. The van der Waals surface area contributed by atoms with Crippen molar-refractivity contribution in [2.45, 2.75) is 85.0 Å². The quantitative estimate of drug-likeness (QED) is 0.198. The van der Waals surface area contributed by atoms with Gasteiger partial charge in [-0.25, -0.2) is 0 Å². The Morgan fingerprint density at radius 2 is 1.02 bits per heavy atom. The Morgan fingerprint density at radius 1 is 0.545 bits per heavy atom. The highest BCUT2D eigenvalue weighted by molar-refractivity contribution is 7.43. The van der Waals surface area contributed by atoms with Gasteiger partial charge >= 0.3 is 8.60 Å². The fourth-order valence-corrected chi connectivity index (χ4v) is 6.83. The molecule has 5 rings (SSSR count). The first-order valence-electron chi connectivity index (χ1n) is 15.1. The van der Waals surface area contributed by atoms with Crippen LogP contribution in [-0.2, 0) is 22.7 Å². The molecule has 0 amide bonds. The lowest BCUT2D eigenvalue weighted by atomic mass is 9.80. The van der Waals surface area contributed by atoms with Gasteiger partial charge in [-0.3, -0.25) is 0 Å². The van der Waals surface area contributed by atoms with Crippen molar-refractivity contribution < 1.29 is 22.6 Å². The minimum atomic E-state index is -1.83. The van der Waals surface area contributed by atoms with E-state index in [2.05, 4.69) is 86.6 Å². The molecular formula is C37H44O5P2. The van der Waals surface area contributed by atoms with Gasteiger partial charge in [-0.15, -0.1) is 0 Å². The van der Waals surface area contributed by atoms with E-state index in [0.717, 1.165) is 57.2 Å². The second-order valence-corrected chi connectivity index (χ2v) is 15.8. The van der Waals surface area contributed by atoms with E-state index in [1.807, 2.05) is 60.7 Å². The predicted octanol–water partition coefficient (Wildman–Crippen LogP) is 11.2. The second-order valence-electron chi connectivity index (χ2n) is 14.3. The Hall–Kier alpha value is -3.26. The molecule has 0 spiro atoms. The molecule has 5 nitrogen and oxygen atoms in total. The molecule has 0 saturated carbocycles. The summed E-state index contributed by atoms with van der Waals surface area (Å²) < 4.78 is 32.3. The molecule has 232 valence electrons. The van der Waals surface area contributed by atoms with E-state index in [9.17, 15) is 0 Å². The molecule has 4 aromatic carbocycles. The summed E-state index contributed by atoms with van der Waals surface area (Å²) in [5.41, 5.74) is 5.01. The minimum Gasteiger partial charge on any atom is -0.440 e. The van der Waals surface area contributed by atoms with Crippen molar-refractivity contribution in [3.8, 4) is 28.7 Å². The van der Waals surface area contributed by atoms with Gasteiger partial charge in [0.15, 0.2) is 0 Å². The molecule has 1 heterocycles. The molecule has 0 saturated heterocycles. The summed E-state index contributed by atoms with van der Waals surface area (Å²) in [6.45, 7) is 19.7. The number of hydrogen-bond donors (Lipinski definition) is 0. The summed E-state index contributed by atoms with van der Waals surface area (Å²) in [4.78, 5) is 0. The number of benzene rings is 4. The summed E-state index contributed by atoms with van der Waals surface area (Å²) in [6, 6.07) is 28.5. The van der Waals surface area contributed by atoms with Gasteiger partial charge in [0.25, 0.3) is 9.03 Å². The van der Waals surface area contributed by atoms with Crippen molar-refractivity contribution in [1.29, 1.82) is 0 Å². The van der Waals surface area contributed by atoms with E-state index in [1.54, 1.807) is 0 Å². The van der Waals surface area contributed by atoms with Crippen molar-refractivity contribution in [2.24, 2.45) is 0 Å². The van der Waals surface area contributed by atoms with Crippen molar-refractivity contribution in [1.82, 2.24) is 0 Å². The zero-order valence-electron chi connectivity index (χ0n) is 27.3. The highest BCUT2D eigenvalue weighted by Gasteiger charge is 2.32. The van der Waals surface area contributed by atoms with Gasteiger partial charge in [0.05, 0.1) is 0 Å². The van der Waals surface area contributed by atoms with E-state index >= 15 is 0 Å². The Labute approximate surface area is 266 Å². The second kappa shape index (κ2) is 12.6. The molecular weight excluding hydrogens is 586 g/mol. The molecule has 7 heteroatoms. The Morgan fingerprint density at radius 3 is 1.59 bits per heavy atom. The highest BCUT2D eigenvalue weighted by atomic mass is 31.2. The third kappa shape index (κ3) is 7.51. The van der Waals surface area contributed by atoms with E-state index in [4.69, 9.17) is 22.6 Å². The molecule has 1 atom stereocenters. The van der Waals surface area contributed by atoms with Crippen LogP contribution in [0, 0.1) is 0 Å². The molecule has 0 bridgehead atoms. The largest absolute Gasteiger partial charge is 0.530 e. The van der Waals surface area contributed by atoms with Crippen LogP contribution in [0.4, 0.5) is 0 Å². The molecule has 1 unspecified atom stereocenters. The van der Waals surface area contributed by atoms with Crippen LogP contribution < -0.4 is 22.6 Å². The first kappa shape index (κ1) is 32.1. The summed E-state index contributed by atoms with van der Waals surface area (Å²) in [7, 11) is -2.07. The van der Waals surface area contributed by atoms with Gasteiger partial charge in [-0.05, 0) is 57.2 Å². The maximum Gasteiger partial charge on any atom is 0.530 e. The van der Waals surface area contributed by atoms with Crippen LogP contribution in [-0.4, -0.2) is 0 Å². The number of fused-ring (bicyclic) bond motifs is 2. The Balaban J connectivity index is 1.51. The monoisotopic (exact) mass is 630 g/mol. The van der Waals surface area contributed by atoms with Crippen LogP contribution in [0.5, 0.6) is 28.7 Å². The van der Waals surface area contributed by atoms with E-state index in [0.29, 0.717) is 5.75 Å². The maximum absolute atomic E-state index is 6.70. The third-order valence-corrected chi connectivity index (χ3v) is 9.18. The summed E-state index contributed by atoms with van der Waals surface area (Å²) in [6.07, 6.45) is 0.723. The van der Waals surface area contributed by atoms with Gasteiger partial charge in [0.2, 0.25) is 0 Å². The standard InChI is InChI=1S/C37H44O5P2/c1-35(2,3)27-18-12-15-21-32(27)38-43-39-33-24-34(29(37(7,8)9)23-28(33)36(4,5)6)42-44-40-30-19-13-10-16-25(30)22-26-17-11-14-20-31(26)41-44/h10-21,23-24,43H,22H2,1-9H3. The van der Waals surface area contributed by atoms with E-state index in [1.165, 1.54) is 0 Å². The lowest BCUT2D eigenvalue weighted by molar-refractivity contribution is 0.375. The third-order valence-electron chi connectivity index (χ3n) is 7.54. The molecule has 44 heavy (non-hydrogen) atoms. The van der Waals surface area contributed by atoms with Crippen LogP contribution in [0.25, 0.3) is 0 Å². The van der Waals surface area contributed by atoms with Crippen molar-refractivity contribution >= 4 is 17.6 Å². The molecule has 0 aromatic heterocycles. The normalized spacial score (nSPS) is 14.1. The van der Waals surface area contributed by atoms with Gasteiger partial charge in [-0.1, -0.05) is 117 Å². The van der Waals surface area contributed by atoms with Gasteiger partial charge < -0.3 is 22.6 Å². The lowest BCUT2D eigenvalue weighted by Gasteiger charge is -2.30. The smallest absolute Gasteiger partial charge is 0.440 e. The first-order valence-corrected chi connectivity index (χ1v) is 17.0. The topological polar surface area (TPSA) is 46.2 Å². The van der Waals surface area contributed by atoms with Crippen molar-refractivity contribution in [3.63, 3.8) is 0 Å². The average Bonchev–Trinajstić information content (AvgIpc) is 2.92. The summed E-state index contributed by atoms with van der Waals surface area (Å²) in [5.74, 6) is 3.74. The summed E-state index contributed by atoms with van der Waals surface area (Å²) in [5, 5.41) is 0. The van der Waals surface area contributed by atoms with Crippen LogP contribution in [0.3, 0.4) is 0 Å². The van der Waals surface area contributed by atoms with Gasteiger partial charge in [0.1, 0.15) is 28.7 Å². The fourth-order valence-electron chi connectivity index (χ4n) is 5.16. The van der Waals surface area contributed by atoms with E-state index in [-0.39, 0.29) is 25.3 Å². The molecule has 0 N–H and O–H groups in total. The zero-order valence-corrected chi connectivity index (χ0v) is 29.2. The molecule has 0 aliphatic carbocycles. The SMILES string of the molecule is CC(C)(C)c1ccccc1OPOc1cc(OP2Oc3ccccc3Cc3ccccc3O2)c(C(C)(C)C)cc1C(C)(C)C. The molecule has 0 fully saturated rings. The van der Waals surface area contributed by atoms with E-state index < -0.39 is 8.60 Å². The van der Waals surface area contributed by atoms with Gasteiger partial charge in [0, 0.05) is 23.6 Å². The van der Waals surface area contributed by atoms with Crippen molar-refractivity contribution in [2.75, 3.05) is 0 Å².